The highest BCUT2D eigenvalue weighted by molar-refractivity contribution is 5.77. The first-order chi connectivity index (χ1) is 9.26. The van der Waals surface area contributed by atoms with Crippen molar-refractivity contribution in [3.05, 3.63) is 65.9 Å². The van der Waals surface area contributed by atoms with Crippen molar-refractivity contribution in [3.8, 4) is 0 Å². The quantitative estimate of drug-likeness (QED) is 0.367. The van der Waals surface area contributed by atoms with Gasteiger partial charge < -0.3 is 0 Å². The van der Waals surface area contributed by atoms with Gasteiger partial charge in [0, 0.05) is 12.6 Å². The Labute approximate surface area is 114 Å². The van der Waals surface area contributed by atoms with Crippen molar-refractivity contribution < 1.29 is 4.79 Å². The molecule has 1 aromatic carbocycles. The first kappa shape index (κ1) is 14.9. The first-order valence-corrected chi connectivity index (χ1v) is 6.25. The predicted octanol–water partition coefficient (Wildman–Crippen LogP) is 3.23. The van der Waals surface area contributed by atoms with Gasteiger partial charge in [-0.25, -0.2) is 5.43 Å². The van der Waals surface area contributed by atoms with E-state index >= 15 is 0 Å². The first-order valence-electron chi connectivity index (χ1n) is 6.25. The molecule has 0 saturated carbocycles. The number of hydrogen-bond donors (Lipinski definition) is 1. The van der Waals surface area contributed by atoms with Crippen LogP contribution in [-0.4, -0.2) is 13.3 Å². The highest BCUT2D eigenvalue weighted by Gasteiger charge is 2.06. The van der Waals surface area contributed by atoms with Gasteiger partial charge in [0.2, 0.25) is 0 Å². The molecule has 0 aromatic heterocycles. The molecule has 0 amide bonds. The van der Waals surface area contributed by atoms with Crippen molar-refractivity contribution in [3.63, 3.8) is 0 Å². The Morgan fingerprint density at radius 3 is 2.26 bits per heavy atom. The minimum atomic E-state index is 0.656. The second-order valence-corrected chi connectivity index (χ2v) is 3.85. The highest BCUT2D eigenvalue weighted by Crippen LogP contribution is 2.17. The summed E-state index contributed by atoms with van der Waals surface area (Å²) in [6.07, 6.45) is 8.32. The fourth-order valence-corrected chi connectivity index (χ4v) is 1.67. The number of benzene rings is 1. The number of carbonyl (C=O) groups is 1. The summed E-state index contributed by atoms with van der Waals surface area (Å²) in [5.74, 6) is 0. The van der Waals surface area contributed by atoms with Crippen LogP contribution in [0, 0.1) is 0 Å². The largest absolute Gasteiger partial charge is 0.298 e. The zero-order valence-electron chi connectivity index (χ0n) is 11.6. The van der Waals surface area contributed by atoms with E-state index in [-0.39, 0.29) is 0 Å². The van der Waals surface area contributed by atoms with Gasteiger partial charge in [0.15, 0.2) is 0 Å². The monoisotopic (exact) mass is 256 g/mol. The summed E-state index contributed by atoms with van der Waals surface area (Å²) in [5, 5.41) is 1.95. The lowest BCUT2D eigenvalue weighted by Gasteiger charge is -2.24. The van der Waals surface area contributed by atoms with Crippen LogP contribution in [0.15, 0.2) is 65.9 Å². The molecule has 0 aliphatic rings. The van der Waals surface area contributed by atoms with E-state index in [9.17, 15) is 4.79 Å². The van der Waals surface area contributed by atoms with Crippen LogP contribution in [-0.2, 0) is 4.79 Å². The lowest BCUT2D eigenvalue weighted by Crippen LogP contribution is -2.33. The third-order valence-electron chi connectivity index (χ3n) is 2.71. The van der Waals surface area contributed by atoms with E-state index in [0.29, 0.717) is 5.57 Å². The molecule has 100 valence electrons. The molecule has 0 spiro atoms. The topological polar surface area (TPSA) is 32.3 Å². The molecule has 0 aliphatic heterocycles. The number of hydrogen-bond acceptors (Lipinski definition) is 3. The highest BCUT2D eigenvalue weighted by atomic mass is 16.1. The fraction of sp³-hybridized carbons (Fsp3) is 0.188. The van der Waals surface area contributed by atoms with Gasteiger partial charge in [-0.05, 0) is 38.1 Å². The zero-order chi connectivity index (χ0) is 14.1. The van der Waals surface area contributed by atoms with Gasteiger partial charge in [-0.2, -0.15) is 0 Å². The number of nitrogens with one attached hydrogen (secondary N) is 1. The van der Waals surface area contributed by atoms with Crippen molar-refractivity contribution in [1.29, 1.82) is 0 Å². The Balaban J connectivity index is 2.99. The molecule has 3 heteroatoms. The number of allylic oxidation sites excluding steroid dienone is 5. The van der Waals surface area contributed by atoms with E-state index in [0.717, 1.165) is 17.7 Å². The molecule has 1 rings (SSSR count). The molecule has 0 heterocycles. The summed E-state index contributed by atoms with van der Waals surface area (Å²) in [5.41, 5.74) is 5.80. The molecule has 0 aliphatic carbocycles. The third-order valence-corrected chi connectivity index (χ3v) is 2.71. The van der Waals surface area contributed by atoms with Crippen molar-refractivity contribution in [2.45, 2.75) is 13.8 Å². The molecule has 1 aromatic rings. The van der Waals surface area contributed by atoms with E-state index in [1.165, 1.54) is 0 Å². The van der Waals surface area contributed by atoms with Gasteiger partial charge in [0.1, 0.15) is 6.29 Å². The van der Waals surface area contributed by atoms with Crippen LogP contribution in [0.2, 0.25) is 0 Å². The molecule has 19 heavy (non-hydrogen) atoms. The van der Waals surface area contributed by atoms with E-state index < -0.39 is 0 Å². The van der Waals surface area contributed by atoms with Crippen LogP contribution in [0.3, 0.4) is 0 Å². The molecular weight excluding hydrogens is 236 g/mol. The molecule has 0 atom stereocenters. The predicted molar refractivity (Wildman–Crippen MR) is 80.7 cm³/mol. The van der Waals surface area contributed by atoms with Crippen molar-refractivity contribution in [2.75, 3.05) is 12.1 Å². The van der Waals surface area contributed by atoms with Crippen LogP contribution in [0.25, 0.3) is 0 Å². The Morgan fingerprint density at radius 2 is 1.79 bits per heavy atom. The van der Waals surface area contributed by atoms with Crippen molar-refractivity contribution in [1.82, 2.24) is 5.43 Å². The number of hydrazine groups is 1. The second kappa shape index (κ2) is 8.06. The number of para-hydroxylation sites is 1. The average Bonchev–Trinajstić information content (AvgIpc) is 2.48. The molecule has 0 fully saturated rings. The van der Waals surface area contributed by atoms with Crippen molar-refractivity contribution >= 4 is 12.0 Å². The van der Waals surface area contributed by atoms with Gasteiger partial charge in [-0.15, -0.1) is 0 Å². The lowest BCUT2D eigenvalue weighted by atomic mass is 10.2. The maximum absolute atomic E-state index is 10.8. The smallest absolute Gasteiger partial charge is 0.149 e. The van der Waals surface area contributed by atoms with E-state index in [2.05, 4.69) is 5.43 Å². The summed E-state index contributed by atoms with van der Waals surface area (Å²) in [4.78, 5) is 10.8. The number of anilines is 1. The van der Waals surface area contributed by atoms with Gasteiger partial charge in [-0.1, -0.05) is 30.4 Å². The molecular formula is C16H20N2O. The Kier molecular flexibility index (Phi) is 6.33. The van der Waals surface area contributed by atoms with E-state index in [1.54, 1.807) is 12.2 Å². The lowest BCUT2D eigenvalue weighted by molar-refractivity contribution is -0.104. The SMILES string of the molecule is C/C=C(/C=C\C(C=O)=C/C)N(NC)c1ccccc1. The average molecular weight is 256 g/mol. The number of carbonyl (C=O) groups excluding carboxylic acids is 1. The summed E-state index contributed by atoms with van der Waals surface area (Å²) < 4.78 is 0. The summed E-state index contributed by atoms with van der Waals surface area (Å²) in [7, 11) is 1.86. The third kappa shape index (κ3) is 4.23. The summed E-state index contributed by atoms with van der Waals surface area (Å²) in [6, 6.07) is 9.99. The van der Waals surface area contributed by atoms with Crippen LogP contribution >= 0.6 is 0 Å². The summed E-state index contributed by atoms with van der Waals surface area (Å²) >= 11 is 0. The zero-order valence-corrected chi connectivity index (χ0v) is 11.6. The number of nitrogens with zero attached hydrogens (tertiary/aromatic N) is 1. The molecule has 3 nitrogen and oxygen atoms in total. The Bertz CT molecular complexity index is 487. The van der Waals surface area contributed by atoms with Crippen LogP contribution < -0.4 is 10.4 Å². The van der Waals surface area contributed by atoms with Crippen LogP contribution in [0.5, 0.6) is 0 Å². The molecule has 1 N–H and O–H groups in total. The normalized spacial score (nSPS) is 12.8. The van der Waals surface area contributed by atoms with Crippen LogP contribution in [0.1, 0.15) is 13.8 Å². The molecule has 0 saturated heterocycles. The summed E-state index contributed by atoms with van der Waals surface area (Å²) in [6.45, 7) is 3.81. The maximum atomic E-state index is 10.8. The Hall–Kier alpha value is -2.13. The van der Waals surface area contributed by atoms with Gasteiger partial charge in [0.25, 0.3) is 0 Å². The number of aldehydes is 1. The number of rotatable bonds is 6. The second-order valence-electron chi connectivity index (χ2n) is 3.85. The minimum Gasteiger partial charge on any atom is -0.298 e. The minimum absolute atomic E-state index is 0.656. The van der Waals surface area contributed by atoms with Gasteiger partial charge in [-0.3, -0.25) is 9.80 Å². The van der Waals surface area contributed by atoms with E-state index in [4.69, 9.17) is 0 Å². The Morgan fingerprint density at radius 1 is 1.11 bits per heavy atom. The van der Waals surface area contributed by atoms with Crippen molar-refractivity contribution in [2.24, 2.45) is 0 Å². The molecule has 0 radical (unpaired) electrons. The maximum Gasteiger partial charge on any atom is 0.149 e. The standard InChI is InChI=1S/C16H20N2O/c1-4-14(13-19)11-12-15(5-2)18(17-3)16-9-7-6-8-10-16/h4-13,17H,1-3H3/b12-11-,14-4+,15-5-. The molecule has 0 bridgehead atoms. The van der Waals surface area contributed by atoms with Gasteiger partial charge >= 0.3 is 0 Å². The van der Waals surface area contributed by atoms with E-state index in [1.807, 2.05) is 68.4 Å². The fourth-order valence-electron chi connectivity index (χ4n) is 1.67. The van der Waals surface area contributed by atoms with Gasteiger partial charge in [0.05, 0.1) is 11.4 Å². The molecule has 0 unspecified atom stereocenters. The van der Waals surface area contributed by atoms with Crippen LogP contribution in [0.4, 0.5) is 5.69 Å².